The number of rotatable bonds is 0. The lowest BCUT2D eigenvalue weighted by Gasteiger charge is -2.33. The first-order chi connectivity index (χ1) is 6.73. The van der Waals surface area contributed by atoms with Crippen molar-refractivity contribution < 1.29 is 9.21 Å². The van der Waals surface area contributed by atoms with Crippen LogP contribution >= 0.6 is 0 Å². The first-order valence-corrected chi connectivity index (χ1v) is 5.33. The lowest BCUT2D eigenvalue weighted by atomic mass is 9.69. The minimum atomic E-state index is -0.295. The Morgan fingerprint density at radius 2 is 2.21 bits per heavy atom. The molecule has 0 N–H and O–H groups in total. The van der Waals surface area contributed by atoms with E-state index in [-0.39, 0.29) is 5.41 Å². The summed E-state index contributed by atoms with van der Waals surface area (Å²) in [6.07, 6.45) is 5.74. The highest BCUT2D eigenvalue weighted by atomic mass is 16.3. The van der Waals surface area contributed by atoms with E-state index in [1.54, 1.807) is 6.26 Å². The van der Waals surface area contributed by atoms with Gasteiger partial charge in [0.1, 0.15) is 11.5 Å². The third-order valence-electron chi connectivity index (χ3n) is 4.10. The van der Waals surface area contributed by atoms with Crippen molar-refractivity contribution in [3.05, 3.63) is 23.7 Å². The maximum absolute atomic E-state index is 11.9. The molecule has 0 unspecified atom stereocenters. The van der Waals surface area contributed by atoms with Crippen molar-refractivity contribution in [2.24, 2.45) is 5.92 Å². The third kappa shape index (κ3) is 0.794. The standard InChI is InChI=1S/C12H14O2/c1-12-9(4-5-10(12)13)3-2-8-6-7-14-11(8)12/h6-7,9H,2-5H2,1H3/t9-,12-/m0/s1. The van der Waals surface area contributed by atoms with Crippen molar-refractivity contribution in [1.82, 2.24) is 0 Å². The molecule has 0 radical (unpaired) electrons. The van der Waals surface area contributed by atoms with E-state index in [0.717, 1.165) is 31.4 Å². The van der Waals surface area contributed by atoms with Gasteiger partial charge in [0.25, 0.3) is 0 Å². The lowest BCUT2D eigenvalue weighted by Crippen LogP contribution is -2.37. The maximum atomic E-state index is 11.9. The average molecular weight is 190 g/mol. The number of hydrogen-bond acceptors (Lipinski definition) is 2. The molecule has 3 rings (SSSR count). The molecule has 0 aromatic carbocycles. The first kappa shape index (κ1) is 8.27. The summed E-state index contributed by atoms with van der Waals surface area (Å²) in [4.78, 5) is 11.9. The maximum Gasteiger partial charge on any atom is 0.146 e. The summed E-state index contributed by atoms with van der Waals surface area (Å²) in [7, 11) is 0. The van der Waals surface area contributed by atoms with Crippen LogP contribution in [0.4, 0.5) is 0 Å². The molecule has 2 aliphatic rings. The number of hydrogen-bond donors (Lipinski definition) is 0. The molecular formula is C12H14O2. The fourth-order valence-electron chi connectivity index (χ4n) is 3.14. The first-order valence-electron chi connectivity index (χ1n) is 5.33. The second-order valence-electron chi connectivity index (χ2n) is 4.67. The Bertz CT molecular complexity index is 391. The molecule has 0 amide bonds. The van der Waals surface area contributed by atoms with Crippen LogP contribution in [0.5, 0.6) is 0 Å². The number of furan rings is 1. The van der Waals surface area contributed by atoms with E-state index in [9.17, 15) is 4.79 Å². The third-order valence-corrected chi connectivity index (χ3v) is 4.10. The van der Waals surface area contributed by atoms with Crippen LogP contribution in [-0.4, -0.2) is 5.78 Å². The smallest absolute Gasteiger partial charge is 0.146 e. The zero-order valence-corrected chi connectivity index (χ0v) is 8.38. The van der Waals surface area contributed by atoms with E-state index in [2.05, 4.69) is 6.92 Å². The van der Waals surface area contributed by atoms with Crippen molar-refractivity contribution >= 4 is 5.78 Å². The number of carbonyl (C=O) groups excluding carboxylic acids is 1. The molecule has 2 atom stereocenters. The van der Waals surface area contributed by atoms with E-state index in [1.807, 2.05) is 6.07 Å². The summed E-state index contributed by atoms with van der Waals surface area (Å²) >= 11 is 0. The number of ketones is 1. The van der Waals surface area contributed by atoms with Crippen molar-refractivity contribution in [2.75, 3.05) is 0 Å². The number of fused-ring (bicyclic) bond motifs is 3. The Hall–Kier alpha value is -1.05. The van der Waals surface area contributed by atoms with Crippen LogP contribution in [0.2, 0.25) is 0 Å². The molecule has 0 spiro atoms. The highest BCUT2D eigenvalue weighted by Crippen LogP contribution is 2.49. The quantitative estimate of drug-likeness (QED) is 0.629. The Kier molecular flexibility index (Phi) is 1.48. The molecule has 0 aliphatic heterocycles. The van der Waals surface area contributed by atoms with Crippen molar-refractivity contribution in [3.8, 4) is 0 Å². The van der Waals surface area contributed by atoms with Gasteiger partial charge in [0.2, 0.25) is 0 Å². The fraction of sp³-hybridized carbons (Fsp3) is 0.583. The van der Waals surface area contributed by atoms with Crippen LogP contribution < -0.4 is 0 Å². The van der Waals surface area contributed by atoms with Gasteiger partial charge < -0.3 is 4.42 Å². The average Bonchev–Trinajstić information content (AvgIpc) is 2.73. The van der Waals surface area contributed by atoms with Gasteiger partial charge in [-0.25, -0.2) is 0 Å². The normalized spacial score (nSPS) is 35.5. The minimum absolute atomic E-state index is 0.295. The monoisotopic (exact) mass is 190 g/mol. The van der Waals surface area contributed by atoms with Crippen LogP contribution in [-0.2, 0) is 16.6 Å². The Balaban J connectivity index is 2.20. The van der Waals surface area contributed by atoms with Crippen molar-refractivity contribution in [2.45, 2.75) is 38.0 Å². The van der Waals surface area contributed by atoms with Gasteiger partial charge in [-0.2, -0.15) is 0 Å². The van der Waals surface area contributed by atoms with Gasteiger partial charge in [-0.05, 0) is 43.7 Å². The van der Waals surface area contributed by atoms with Gasteiger partial charge in [0, 0.05) is 6.42 Å². The molecule has 14 heavy (non-hydrogen) atoms. The van der Waals surface area contributed by atoms with Gasteiger partial charge >= 0.3 is 0 Å². The topological polar surface area (TPSA) is 30.2 Å². The van der Waals surface area contributed by atoms with Crippen LogP contribution in [0.3, 0.4) is 0 Å². The molecule has 1 heterocycles. The molecule has 1 aromatic heterocycles. The summed E-state index contributed by atoms with van der Waals surface area (Å²) in [5, 5.41) is 0. The molecule has 0 saturated heterocycles. The molecule has 2 heteroatoms. The summed E-state index contributed by atoms with van der Waals surface area (Å²) in [5.41, 5.74) is 0.955. The van der Waals surface area contributed by atoms with Crippen LogP contribution in [0, 0.1) is 5.92 Å². The predicted molar refractivity (Wildman–Crippen MR) is 52.1 cm³/mol. The Labute approximate surface area is 83.3 Å². The molecule has 0 bridgehead atoms. The van der Waals surface area contributed by atoms with E-state index in [1.165, 1.54) is 5.56 Å². The van der Waals surface area contributed by atoms with Crippen molar-refractivity contribution in [1.29, 1.82) is 0 Å². The zero-order chi connectivity index (χ0) is 9.76. The second kappa shape index (κ2) is 2.50. The lowest BCUT2D eigenvalue weighted by molar-refractivity contribution is -0.123. The minimum Gasteiger partial charge on any atom is -0.468 e. The second-order valence-corrected chi connectivity index (χ2v) is 4.67. The number of aryl methyl sites for hydroxylation is 1. The highest BCUT2D eigenvalue weighted by molar-refractivity contribution is 5.92. The number of Topliss-reactive ketones (excluding diaryl/α,β-unsaturated/α-hetero) is 1. The van der Waals surface area contributed by atoms with E-state index in [0.29, 0.717) is 11.7 Å². The Morgan fingerprint density at radius 3 is 3.07 bits per heavy atom. The summed E-state index contributed by atoms with van der Waals surface area (Å²) in [6.45, 7) is 2.06. The van der Waals surface area contributed by atoms with Gasteiger partial charge in [-0.15, -0.1) is 0 Å². The Morgan fingerprint density at radius 1 is 1.43 bits per heavy atom. The summed E-state index contributed by atoms with van der Waals surface area (Å²) in [6, 6.07) is 2.02. The van der Waals surface area contributed by atoms with Gasteiger partial charge in [-0.1, -0.05) is 0 Å². The molecule has 1 aromatic rings. The number of carbonyl (C=O) groups is 1. The summed E-state index contributed by atoms with van der Waals surface area (Å²) < 4.78 is 5.52. The zero-order valence-electron chi connectivity index (χ0n) is 8.38. The SMILES string of the molecule is C[C@@]12C(=O)CC[C@@H]1CCc1ccoc12. The molecule has 2 aliphatic carbocycles. The fourth-order valence-corrected chi connectivity index (χ4v) is 3.14. The van der Waals surface area contributed by atoms with Gasteiger partial charge in [0.05, 0.1) is 11.7 Å². The van der Waals surface area contributed by atoms with Crippen LogP contribution in [0.15, 0.2) is 16.7 Å². The molecule has 74 valence electrons. The van der Waals surface area contributed by atoms with E-state index < -0.39 is 0 Å². The highest BCUT2D eigenvalue weighted by Gasteiger charge is 2.52. The summed E-state index contributed by atoms with van der Waals surface area (Å²) in [5.74, 6) is 1.85. The van der Waals surface area contributed by atoms with Crippen LogP contribution in [0.1, 0.15) is 37.5 Å². The van der Waals surface area contributed by atoms with Crippen molar-refractivity contribution in [3.63, 3.8) is 0 Å². The van der Waals surface area contributed by atoms with Gasteiger partial charge in [0.15, 0.2) is 0 Å². The molecule has 1 saturated carbocycles. The van der Waals surface area contributed by atoms with Crippen LogP contribution in [0.25, 0.3) is 0 Å². The molecule has 2 nitrogen and oxygen atoms in total. The van der Waals surface area contributed by atoms with E-state index >= 15 is 0 Å². The van der Waals surface area contributed by atoms with Gasteiger partial charge in [-0.3, -0.25) is 4.79 Å². The molecular weight excluding hydrogens is 176 g/mol. The molecule has 1 fully saturated rings. The predicted octanol–water partition coefficient (Wildman–Crippen LogP) is 2.46. The largest absolute Gasteiger partial charge is 0.468 e. The van der Waals surface area contributed by atoms with E-state index in [4.69, 9.17) is 4.42 Å².